The number of nitrogens with one attached hydrogen (secondary N) is 2. The van der Waals surface area contributed by atoms with E-state index in [-0.39, 0.29) is 18.0 Å². The monoisotopic (exact) mass is 241 g/mol. The first-order valence-electron chi connectivity index (χ1n) is 6.07. The lowest BCUT2D eigenvalue weighted by Gasteiger charge is -2.20. The molecule has 2 amide bonds. The number of hydrogen-bond acceptors (Lipinski definition) is 4. The van der Waals surface area contributed by atoms with Crippen LogP contribution in [0.15, 0.2) is 0 Å². The predicted molar refractivity (Wildman–Crippen MR) is 61.6 cm³/mol. The Morgan fingerprint density at radius 1 is 1.41 bits per heavy atom. The summed E-state index contributed by atoms with van der Waals surface area (Å²) in [6.45, 7) is 2.23. The number of ether oxygens (including phenoxy) is 1. The van der Waals surface area contributed by atoms with E-state index >= 15 is 0 Å². The first-order valence-corrected chi connectivity index (χ1v) is 6.07. The number of likely N-dealkylation sites (tertiary alicyclic amines) is 1. The third-order valence-electron chi connectivity index (χ3n) is 3.37. The summed E-state index contributed by atoms with van der Waals surface area (Å²) in [5.41, 5.74) is 0. The lowest BCUT2D eigenvalue weighted by atomic mass is 10.2. The molecule has 0 aliphatic carbocycles. The van der Waals surface area contributed by atoms with Crippen molar-refractivity contribution in [3.05, 3.63) is 0 Å². The predicted octanol–water partition coefficient (Wildman–Crippen LogP) is -0.305. The summed E-state index contributed by atoms with van der Waals surface area (Å²) < 4.78 is 4.54. The summed E-state index contributed by atoms with van der Waals surface area (Å²) in [5, 5.41) is 5.93. The van der Waals surface area contributed by atoms with Crippen LogP contribution in [0.4, 0.5) is 4.79 Å². The van der Waals surface area contributed by atoms with E-state index in [1.807, 2.05) is 4.90 Å². The quantitative estimate of drug-likeness (QED) is 0.696. The van der Waals surface area contributed by atoms with E-state index in [9.17, 15) is 9.59 Å². The van der Waals surface area contributed by atoms with Crippen LogP contribution in [0.5, 0.6) is 0 Å². The van der Waals surface area contributed by atoms with Crippen molar-refractivity contribution in [1.29, 1.82) is 0 Å². The first-order chi connectivity index (χ1) is 8.20. The Bertz CT molecular complexity index is 302. The molecule has 6 heteroatoms. The molecule has 1 unspecified atom stereocenters. The van der Waals surface area contributed by atoms with Crippen molar-refractivity contribution in [3.8, 4) is 0 Å². The van der Waals surface area contributed by atoms with Gasteiger partial charge in [0.25, 0.3) is 0 Å². The molecule has 2 heterocycles. The maximum Gasteiger partial charge on any atom is 0.407 e. The minimum Gasteiger partial charge on any atom is -0.453 e. The zero-order chi connectivity index (χ0) is 12.3. The Labute approximate surface area is 101 Å². The molecule has 2 N–H and O–H groups in total. The topological polar surface area (TPSA) is 70.7 Å². The number of hydrogen-bond donors (Lipinski definition) is 2. The Morgan fingerprint density at radius 2 is 2.24 bits per heavy atom. The van der Waals surface area contributed by atoms with Crippen LogP contribution in [0.1, 0.15) is 19.3 Å². The van der Waals surface area contributed by atoms with E-state index in [0.29, 0.717) is 13.1 Å². The van der Waals surface area contributed by atoms with Crippen molar-refractivity contribution in [2.24, 2.45) is 0 Å². The zero-order valence-corrected chi connectivity index (χ0v) is 10.1. The highest BCUT2D eigenvalue weighted by molar-refractivity contribution is 5.82. The first kappa shape index (κ1) is 12.2. The third-order valence-corrected chi connectivity index (χ3v) is 3.37. The Morgan fingerprint density at radius 3 is 2.88 bits per heavy atom. The van der Waals surface area contributed by atoms with Crippen LogP contribution in [0, 0.1) is 0 Å². The molecular formula is C11H19N3O3. The largest absolute Gasteiger partial charge is 0.453 e. The minimum absolute atomic E-state index is 0.0211. The highest BCUT2D eigenvalue weighted by atomic mass is 16.5. The number of alkyl carbamates (subject to hydrolysis) is 1. The number of rotatable bonds is 2. The van der Waals surface area contributed by atoms with Crippen molar-refractivity contribution < 1.29 is 14.3 Å². The average Bonchev–Trinajstić information content (AvgIpc) is 2.98. The van der Waals surface area contributed by atoms with Crippen molar-refractivity contribution in [1.82, 2.24) is 15.5 Å². The van der Waals surface area contributed by atoms with Gasteiger partial charge in [-0.05, 0) is 25.8 Å². The fraction of sp³-hybridized carbons (Fsp3) is 0.818. The molecule has 0 bridgehead atoms. The summed E-state index contributed by atoms with van der Waals surface area (Å²) in [6.07, 6.45) is 2.36. The van der Waals surface area contributed by atoms with Crippen molar-refractivity contribution >= 4 is 12.0 Å². The molecule has 2 fully saturated rings. The summed E-state index contributed by atoms with van der Waals surface area (Å²) >= 11 is 0. The number of methoxy groups -OCH3 is 1. The van der Waals surface area contributed by atoms with Crippen LogP contribution in [0.2, 0.25) is 0 Å². The van der Waals surface area contributed by atoms with Gasteiger partial charge in [0.1, 0.15) is 0 Å². The van der Waals surface area contributed by atoms with Gasteiger partial charge in [0.15, 0.2) is 0 Å². The molecule has 2 aliphatic heterocycles. The fourth-order valence-electron chi connectivity index (χ4n) is 2.42. The van der Waals surface area contributed by atoms with Crippen LogP contribution < -0.4 is 10.6 Å². The number of carbonyl (C=O) groups excluding carboxylic acids is 2. The molecule has 0 aromatic rings. The third kappa shape index (κ3) is 2.88. The molecule has 2 rings (SSSR count). The maximum atomic E-state index is 12.1. The van der Waals surface area contributed by atoms with Gasteiger partial charge in [-0.1, -0.05) is 0 Å². The van der Waals surface area contributed by atoms with E-state index in [1.54, 1.807) is 0 Å². The van der Waals surface area contributed by atoms with Crippen LogP contribution in [0.3, 0.4) is 0 Å². The standard InChI is InChI=1S/C11H19N3O3/c1-17-11(16)13-8-4-6-14(7-8)10(15)9-3-2-5-12-9/h8-9,12H,2-7H2,1H3,(H,13,16)/t8?,9-/m0/s1. The van der Waals surface area contributed by atoms with Gasteiger partial charge >= 0.3 is 6.09 Å². The van der Waals surface area contributed by atoms with E-state index < -0.39 is 6.09 Å². The van der Waals surface area contributed by atoms with Crippen LogP contribution >= 0.6 is 0 Å². The Kier molecular flexibility index (Phi) is 3.83. The molecule has 0 spiro atoms. The molecule has 17 heavy (non-hydrogen) atoms. The van der Waals surface area contributed by atoms with Gasteiger partial charge < -0.3 is 20.3 Å². The van der Waals surface area contributed by atoms with Gasteiger partial charge in [-0.2, -0.15) is 0 Å². The van der Waals surface area contributed by atoms with Gasteiger partial charge in [-0.3, -0.25) is 4.79 Å². The van der Waals surface area contributed by atoms with E-state index in [4.69, 9.17) is 0 Å². The smallest absolute Gasteiger partial charge is 0.407 e. The van der Waals surface area contributed by atoms with Crippen molar-refractivity contribution in [3.63, 3.8) is 0 Å². The van der Waals surface area contributed by atoms with Gasteiger partial charge in [0, 0.05) is 13.1 Å². The SMILES string of the molecule is COC(=O)NC1CCN(C(=O)[C@@H]2CCCN2)C1. The van der Waals surface area contributed by atoms with Gasteiger partial charge in [0.2, 0.25) is 5.91 Å². The molecule has 0 saturated carbocycles. The second kappa shape index (κ2) is 5.35. The minimum atomic E-state index is -0.428. The second-order valence-corrected chi connectivity index (χ2v) is 4.55. The Hall–Kier alpha value is -1.30. The normalized spacial score (nSPS) is 28.2. The van der Waals surface area contributed by atoms with Crippen molar-refractivity contribution in [2.75, 3.05) is 26.7 Å². The van der Waals surface area contributed by atoms with Crippen molar-refractivity contribution in [2.45, 2.75) is 31.3 Å². The lowest BCUT2D eigenvalue weighted by Crippen LogP contribution is -2.44. The number of amides is 2. The maximum absolute atomic E-state index is 12.1. The van der Waals surface area contributed by atoms with Gasteiger partial charge in [-0.15, -0.1) is 0 Å². The molecule has 2 saturated heterocycles. The summed E-state index contributed by atoms with van der Waals surface area (Å²) in [4.78, 5) is 24.9. The molecule has 0 aromatic heterocycles. The van der Waals surface area contributed by atoms with Crippen LogP contribution in [-0.4, -0.2) is 55.7 Å². The highest BCUT2D eigenvalue weighted by Gasteiger charge is 2.32. The zero-order valence-electron chi connectivity index (χ0n) is 10.1. The van der Waals surface area contributed by atoms with E-state index in [0.717, 1.165) is 25.8 Å². The molecule has 2 aliphatic rings. The van der Waals surface area contributed by atoms with E-state index in [2.05, 4.69) is 15.4 Å². The van der Waals surface area contributed by atoms with Crippen LogP contribution in [0.25, 0.3) is 0 Å². The number of nitrogens with zero attached hydrogens (tertiary/aromatic N) is 1. The second-order valence-electron chi connectivity index (χ2n) is 4.55. The Balaban J connectivity index is 1.80. The number of carbonyl (C=O) groups is 2. The van der Waals surface area contributed by atoms with Gasteiger partial charge in [-0.25, -0.2) is 4.79 Å². The average molecular weight is 241 g/mol. The molecule has 96 valence electrons. The molecular weight excluding hydrogens is 222 g/mol. The summed E-state index contributed by atoms with van der Waals surface area (Å²) in [6, 6.07) is -0.000297. The van der Waals surface area contributed by atoms with Gasteiger partial charge in [0.05, 0.1) is 19.2 Å². The summed E-state index contributed by atoms with van der Waals surface area (Å²) in [5.74, 6) is 0.164. The fourth-order valence-corrected chi connectivity index (χ4v) is 2.42. The lowest BCUT2D eigenvalue weighted by molar-refractivity contribution is -0.132. The van der Waals surface area contributed by atoms with E-state index in [1.165, 1.54) is 7.11 Å². The summed E-state index contributed by atoms with van der Waals surface area (Å²) in [7, 11) is 1.34. The molecule has 2 atom stereocenters. The molecule has 6 nitrogen and oxygen atoms in total. The molecule has 0 radical (unpaired) electrons. The van der Waals surface area contributed by atoms with Crippen LogP contribution in [-0.2, 0) is 9.53 Å². The highest BCUT2D eigenvalue weighted by Crippen LogP contribution is 2.14. The molecule has 0 aromatic carbocycles.